The smallest absolute Gasteiger partial charge is 0.290 e. The van der Waals surface area contributed by atoms with Crippen LogP contribution in [0, 0.1) is 5.21 Å². The zero-order valence-corrected chi connectivity index (χ0v) is 8.73. The molecule has 5 nitrogen and oxygen atoms in total. The molecule has 1 heterocycles. The van der Waals surface area contributed by atoms with Crippen LogP contribution < -0.4 is 9.58 Å². The van der Waals surface area contributed by atoms with Gasteiger partial charge in [-0.1, -0.05) is 0 Å². The molecule has 0 aliphatic heterocycles. The Balaban J connectivity index is 2.60. The molecular formula is C9H8ClN3O2. The predicted molar refractivity (Wildman–Crippen MR) is 54.7 cm³/mol. The number of halogens is 1. The van der Waals surface area contributed by atoms with E-state index in [-0.39, 0.29) is 5.28 Å². The maximum Gasteiger partial charge on any atom is 0.290 e. The Bertz CT molecular complexity index is 504. The molecule has 0 aliphatic carbocycles. The highest BCUT2D eigenvalue weighted by molar-refractivity contribution is 6.28. The Morgan fingerprint density at radius 3 is 3.07 bits per heavy atom. The van der Waals surface area contributed by atoms with Crippen molar-refractivity contribution in [3.63, 3.8) is 0 Å². The molecule has 78 valence electrons. The molecule has 1 aromatic carbocycles. The summed E-state index contributed by atoms with van der Waals surface area (Å²) in [6.07, 6.45) is 0. The molecule has 0 bridgehead atoms. The first kappa shape index (κ1) is 9.92. The van der Waals surface area contributed by atoms with Gasteiger partial charge >= 0.3 is 0 Å². The van der Waals surface area contributed by atoms with E-state index in [2.05, 4.69) is 10.1 Å². The molecule has 0 spiro atoms. The largest absolute Gasteiger partial charge is 0.594 e. The van der Waals surface area contributed by atoms with Gasteiger partial charge in [0.1, 0.15) is 11.3 Å². The zero-order chi connectivity index (χ0) is 10.8. The SMILES string of the molecule is CCOc1ccc2c(c1)nc(Cl)n[n+]2[O-]. The molecule has 0 radical (unpaired) electrons. The quantitative estimate of drug-likeness (QED) is 0.571. The topological polar surface area (TPSA) is 62.0 Å². The third-order valence-corrected chi connectivity index (χ3v) is 2.01. The van der Waals surface area contributed by atoms with E-state index in [9.17, 15) is 5.21 Å². The van der Waals surface area contributed by atoms with Gasteiger partial charge in [-0.15, -0.1) is 0 Å². The number of rotatable bonds is 2. The van der Waals surface area contributed by atoms with Gasteiger partial charge in [-0.05, 0) is 29.4 Å². The maximum absolute atomic E-state index is 11.3. The third-order valence-electron chi connectivity index (χ3n) is 1.85. The Hall–Kier alpha value is -1.62. The van der Waals surface area contributed by atoms with Crippen LogP contribution in [0.2, 0.25) is 5.28 Å². The van der Waals surface area contributed by atoms with Gasteiger partial charge in [-0.3, -0.25) is 0 Å². The normalized spacial score (nSPS) is 10.5. The van der Waals surface area contributed by atoms with Crippen molar-refractivity contribution in [2.45, 2.75) is 6.92 Å². The van der Waals surface area contributed by atoms with E-state index in [0.29, 0.717) is 28.2 Å². The van der Waals surface area contributed by atoms with Crippen molar-refractivity contribution in [3.05, 3.63) is 28.7 Å². The number of nitrogens with zero attached hydrogens (tertiary/aromatic N) is 3. The van der Waals surface area contributed by atoms with E-state index in [1.165, 1.54) is 0 Å². The summed E-state index contributed by atoms with van der Waals surface area (Å²) >= 11 is 5.57. The summed E-state index contributed by atoms with van der Waals surface area (Å²) in [5.74, 6) is 0.653. The highest BCUT2D eigenvalue weighted by atomic mass is 35.5. The molecule has 0 N–H and O–H groups in total. The van der Waals surface area contributed by atoms with Crippen LogP contribution in [0.1, 0.15) is 6.92 Å². The van der Waals surface area contributed by atoms with Crippen LogP contribution in [0.5, 0.6) is 5.75 Å². The van der Waals surface area contributed by atoms with Crippen LogP contribution in [0.15, 0.2) is 18.2 Å². The van der Waals surface area contributed by atoms with Gasteiger partial charge in [0.15, 0.2) is 0 Å². The fourth-order valence-corrected chi connectivity index (χ4v) is 1.42. The summed E-state index contributed by atoms with van der Waals surface area (Å²) in [6, 6.07) is 4.95. The molecule has 0 saturated carbocycles. The second-order valence-electron chi connectivity index (χ2n) is 2.84. The van der Waals surface area contributed by atoms with Crippen molar-refractivity contribution in [1.29, 1.82) is 0 Å². The van der Waals surface area contributed by atoms with Gasteiger partial charge in [0.05, 0.1) is 6.61 Å². The third kappa shape index (κ3) is 1.92. The first-order valence-electron chi connectivity index (χ1n) is 4.40. The second kappa shape index (κ2) is 3.86. The van der Waals surface area contributed by atoms with E-state index >= 15 is 0 Å². The van der Waals surface area contributed by atoms with Gasteiger partial charge in [0, 0.05) is 17.2 Å². The van der Waals surface area contributed by atoms with E-state index < -0.39 is 0 Å². The van der Waals surface area contributed by atoms with E-state index in [1.807, 2.05) is 6.92 Å². The molecule has 0 fully saturated rings. The molecule has 2 rings (SSSR count). The molecule has 1 aromatic heterocycles. The molecule has 2 aromatic rings. The monoisotopic (exact) mass is 225 g/mol. The average Bonchev–Trinajstić information content (AvgIpc) is 2.17. The fourth-order valence-electron chi connectivity index (χ4n) is 1.26. The van der Waals surface area contributed by atoms with Gasteiger partial charge in [-0.2, -0.15) is 0 Å². The lowest BCUT2D eigenvalue weighted by atomic mass is 10.3. The fraction of sp³-hybridized carbons (Fsp3) is 0.222. The van der Waals surface area contributed by atoms with Crippen LogP contribution in [0.4, 0.5) is 0 Å². The van der Waals surface area contributed by atoms with E-state index in [4.69, 9.17) is 16.3 Å². The highest BCUT2D eigenvalue weighted by Gasteiger charge is 2.09. The summed E-state index contributed by atoms with van der Waals surface area (Å²) in [6.45, 7) is 2.44. The van der Waals surface area contributed by atoms with Gasteiger partial charge in [0.25, 0.3) is 10.8 Å². The molecule has 0 unspecified atom stereocenters. The lowest BCUT2D eigenvalue weighted by Crippen LogP contribution is -2.32. The van der Waals surface area contributed by atoms with Crippen LogP contribution in [0.3, 0.4) is 0 Å². The van der Waals surface area contributed by atoms with Crippen molar-refractivity contribution >= 4 is 22.6 Å². The van der Waals surface area contributed by atoms with Crippen molar-refractivity contribution in [3.8, 4) is 5.75 Å². The number of hydrogen-bond donors (Lipinski definition) is 0. The lowest BCUT2D eigenvalue weighted by Gasteiger charge is -2.03. The maximum atomic E-state index is 11.3. The average molecular weight is 226 g/mol. The molecular weight excluding hydrogens is 218 g/mol. The van der Waals surface area contributed by atoms with Gasteiger partial charge in [0.2, 0.25) is 0 Å². The molecule has 0 atom stereocenters. The lowest BCUT2D eigenvalue weighted by molar-refractivity contribution is -0.642. The van der Waals surface area contributed by atoms with Crippen molar-refractivity contribution < 1.29 is 9.58 Å². The minimum atomic E-state index is -0.0776. The van der Waals surface area contributed by atoms with Crippen LogP contribution >= 0.6 is 11.6 Å². The number of ether oxygens (including phenoxy) is 1. The Morgan fingerprint density at radius 2 is 2.33 bits per heavy atom. The summed E-state index contributed by atoms with van der Waals surface area (Å²) in [7, 11) is 0. The van der Waals surface area contributed by atoms with Crippen LogP contribution in [-0.4, -0.2) is 16.7 Å². The van der Waals surface area contributed by atoms with E-state index in [0.717, 1.165) is 0 Å². The Labute approximate surface area is 90.8 Å². The first-order valence-corrected chi connectivity index (χ1v) is 4.78. The van der Waals surface area contributed by atoms with E-state index in [1.54, 1.807) is 18.2 Å². The molecule has 15 heavy (non-hydrogen) atoms. The van der Waals surface area contributed by atoms with Crippen molar-refractivity contribution in [2.75, 3.05) is 6.61 Å². The minimum absolute atomic E-state index is 0.0776. The zero-order valence-electron chi connectivity index (χ0n) is 7.98. The molecule has 6 heteroatoms. The Kier molecular flexibility index (Phi) is 2.55. The number of aromatic nitrogens is 3. The highest BCUT2D eigenvalue weighted by Crippen LogP contribution is 2.17. The summed E-state index contributed by atoms with van der Waals surface area (Å²) < 4.78 is 5.28. The first-order chi connectivity index (χ1) is 7.20. The van der Waals surface area contributed by atoms with Gasteiger partial charge < -0.3 is 9.94 Å². The van der Waals surface area contributed by atoms with Crippen molar-refractivity contribution in [1.82, 2.24) is 10.1 Å². The van der Waals surface area contributed by atoms with Gasteiger partial charge in [-0.25, -0.2) is 4.98 Å². The predicted octanol–water partition coefficient (Wildman–Crippen LogP) is 1.32. The van der Waals surface area contributed by atoms with Crippen LogP contribution in [0.25, 0.3) is 11.0 Å². The van der Waals surface area contributed by atoms with Crippen molar-refractivity contribution in [2.24, 2.45) is 0 Å². The summed E-state index contributed by atoms with van der Waals surface area (Å²) in [5, 5.41) is 14.7. The van der Waals surface area contributed by atoms with Crippen LogP contribution in [-0.2, 0) is 0 Å². The number of hydrogen-bond acceptors (Lipinski definition) is 4. The molecule has 0 saturated heterocycles. The minimum Gasteiger partial charge on any atom is -0.594 e. The summed E-state index contributed by atoms with van der Waals surface area (Å²) in [4.78, 5) is 4.38. The number of benzene rings is 1. The Morgan fingerprint density at radius 1 is 1.53 bits per heavy atom. The molecule has 0 aliphatic rings. The summed E-state index contributed by atoms with van der Waals surface area (Å²) in [5.41, 5.74) is 0.832. The standard InChI is InChI=1S/C9H8ClN3O2/c1-2-15-6-3-4-8-7(5-6)11-9(10)12-13(8)14/h3-5H,2H2,1H3. The second-order valence-corrected chi connectivity index (χ2v) is 3.18. The molecule has 0 amide bonds. The number of fused-ring (bicyclic) bond motifs is 1.